The first-order valence-corrected chi connectivity index (χ1v) is 10.7. The van der Waals surface area contributed by atoms with Crippen molar-refractivity contribution in [2.24, 2.45) is 5.92 Å². The maximum atomic E-state index is 4.68. The quantitative estimate of drug-likeness (QED) is 0.741. The second-order valence-electron chi connectivity index (χ2n) is 7.72. The lowest BCUT2D eigenvalue weighted by atomic mass is 9.96. The van der Waals surface area contributed by atoms with Crippen LogP contribution in [0.5, 0.6) is 0 Å². The molecule has 2 aromatic rings. The smallest absolute Gasteiger partial charge is 0.131 e. The molecule has 6 heteroatoms. The number of pyridine rings is 2. The first kappa shape index (κ1) is 18.7. The predicted octanol–water partition coefficient (Wildman–Crippen LogP) is 3.59. The average molecular weight is 430 g/mol. The summed E-state index contributed by atoms with van der Waals surface area (Å²) >= 11 is 3.52. The van der Waals surface area contributed by atoms with Gasteiger partial charge in [0.2, 0.25) is 0 Å². The third-order valence-electron chi connectivity index (χ3n) is 5.70. The SMILES string of the molecule is Cc1cc(Br)cnc1N1CCCC(CN2CCN(c3ccccn3)CC2)C1. The molecule has 0 saturated carbocycles. The average Bonchev–Trinajstić information content (AvgIpc) is 2.69. The molecule has 2 fully saturated rings. The first-order chi connectivity index (χ1) is 13.2. The van der Waals surface area contributed by atoms with Crippen molar-refractivity contribution >= 4 is 27.6 Å². The summed E-state index contributed by atoms with van der Waals surface area (Å²) in [6.07, 6.45) is 6.39. The number of rotatable bonds is 4. The molecule has 5 nitrogen and oxygen atoms in total. The maximum absolute atomic E-state index is 4.68. The summed E-state index contributed by atoms with van der Waals surface area (Å²) in [4.78, 5) is 16.7. The van der Waals surface area contributed by atoms with Gasteiger partial charge in [-0.2, -0.15) is 0 Å². The van der Waals surface area contributed by atoms with Crippen LogP contribution in [0.15, 0.2) is 41.1 Å². The van der Waals surface area contributed by atoms with Gasteiger partial charge < -0.3 is 9.80 Å². The summed E-state index contributed by atoms with van der Waals surface area (Å²) < 4.78 is 1.06. The van der Waals surface area contributed by atoms with Gasteiger partial charge in [0.15, 0.2) is 0 Å². The summed E-state index contributed by atoms with van der Waals surface area (Å²) in [5.74, 6) is 2.99. The van der Waals surface area contributed by atoms with Crippen molar-refractivity contribution in [1.82, 2.24) is 14.9 Å². The molecule has 4 heterocycles. The van der Waals surface area contributed by atoms with Crippen molar-refractivity contribution in [2.75, 3.05) is 55.6 Å². The Bertz CT molecular complexity index is 745. The van der Waals surface area contributed by atoms with E-state index in [-0.39, 0.29) is 0 Å². The van der Waals surface area contributed by atoms with Crippen LogP contribution in [0, 0.1) is 12.8 Å². The number of hydrogen-bond acceptors (Lipinski definition) is 5. The first-order valence-electron chi connectivity index (χ1n) is 9.94. The van der Waals surface area contributed by atoms with E-state index in [1.807, 2.05) is 18.5 Å². The number of aromatic nitrogens is 2. The van der Waals surface area contributed by atoms with Gasteiger partial charge in [0, 0.05) is 62.7 Å². The molecule has 2 aliphatic rings. The van der Waals surface area contributed by atoms with Gasteiger partial charge in [0.05, 0.1) is 0 Å². The zero-order chi connectivity index (χ0) is 18.6. The zero-order valence-corrected chi connectivity index (χ0v) is 17.6. The molecule has 1 unspecified atom stereocenters. The van der Waals surface area contributed by atoms with E-state index in [0.717, 1.165) is 61.3 Å². The molecule has 4 rings (SSSR count). The van der Waals surface area contributed by atoms with Crippen LogP contribution < -0.4 is 9.80 Å². The summed E-state index contributed by atoms with van der Waals surface area (Å²) in [5, 5.41) is 0. The Hall–Kier alpha value is -1.66. The van der Waals surface area contributed by atoms with Gasteiger partial charge in [0.25, 0.3) is 0 Å². The van der Waals surface area contributed by atoms with E-state index in [0.29, 0.717) is 0 Å². The number of anilines is 2. The van der Waals surface area contributed by atoms with Crippen LogP contribution in [0.25, 0.3) is 0 Å². The highest BCUT2D eigenvalue weighted by Gasteiger charge is 2.26. The van der Waals surface area contributed by atoms with Gasteiger partial charge in [0.1, 0.15) is 11.6 Å². The fourth-order valence-corrected chi connectivity index (χ4v) is 4.78. The summed E-state index contributed by atoms with van der Waals surface area (Å²) in [6.45, 7) is 10.00. The molecule has 0 amide bonds. The Kier molecular flexibility index (Phi) is 5.93. The fraction of sp³-hybridized carbons (Fsp3) is 0.524. The van der Waals surface area contributed by atoms with Crippen LogP contribution in [0.3, 0.4) is 0 Å². The third-order valence-corrected chi connectivity index (χ3v) is 6.13. The number of aryl methyl sites for hydroxylation is 1. The molecule has 0 bridgehead atoms. The lowest BCUT2D eigenvalue weighted by molar-refractivity contribution is 0.205. The topological polar surface area (TPSA) is 35.5 Å². The van der Waals surface area contributed by atoms with Crippen LogP contribution in [0.1, 0.15) is 18.4 Å². The molecular weight excluding hydrogens is 402 g/mol. The van der Waals surface area contributed by atoms with Crippen molar-refractivity contribution in [3.63, 3.8) is 0 Å². The molecule has 0 radical (unpaired) electrons. The van der Waals surface area contributed by atoms with Gasteiger partial charge in [-0.15, -0.1) is 0 Å². The fourth-order valence-electron chi connectivity index (χ4n) is 4.34. The Balaban J connectivity index is 1.31. The van der Waals surface area contributed by atoms with E-state index >= 15 is 0 Å². The lowest BCUT2D eigenvalue weighted by Crippen LogP contribution is -2.50. The highest BCUT2D eigenvalue weighted by molar-refractivity contribution is 9.10. The minimum absolute atomic E-state index is 0.727. The number of nitrogens with zero attached hydrogens (tertiary/aromatic N) is 5. The molecule has 0 N–H and O–H groups in total. The molecule has 0 aromatic carbocycles. The van der Waals surface area contributed by atoms with E-state index < -0.39 is 0 Å². The number of hydrogen-bond donors (Lipinski definition) is 0. The van der Waals surface area contributed by atoms with Crippen molar-refractivity contribution in [2.45, 2.75) is 19.8 Å². The van der Waals surface area contributed by atoms with E-state index in [1.165, 1.54) is 24.9 Å². The highest BCUT2D eigenvalue weighted by atomic mass is 79.9. The molecule has 2 saturated heterocycles. The largest absolute Gasteiger partial charge is 0.356 e. The minimum Gasteiger partial charge on any atom is -0.356 e. The van der Waals surface area contributed by atoms with Crippen LogP contribution in [-0.2, 0) is 0 Å². The molecule has 27 heavy (non-hydrogen) atoms. The molecule has 1 atom stereocenters. The number of piperazine rings is 1. The minimum atomic E-state index is 0.727. The Morgan fingerprint density at radius 1 is 1.07 bits per heavy atom. The van der Waals surface area contributed by atoms with Crippen LogP contribution >= 0.6 is 15.9 Å². The summed E-state index contributed by atoms with van der Waals surface area (Å²) in [6, 6.07) is 8.34. The molecular formula is C21H28BrN5. The molecule has 0 aliphatic carbocycles. The van der Waals surface area contributed by atoms with E-state index in [1.54, 1.807) is 0 Å². The summed E-state index contributed by atoms with van der Waals surface area (Å²) in [7, 11) is 0. The molecule has 144 valence electrons. The Morgan fingerprint density at radius 3 is 2.67 bits per heavy atom. The Labute approximate surface area is 170 Å². The highest BCUT2D eigenvalue weighted by Crippen LogP contribution is 2.26. The van der Waals surface area contributed by atoms with Gasteiger partial charge in [-0.25, -0.2) is 9.97 Å². The molecule has 2 aromatic heterocycles. The van der Waals surface area contributed by atoms with E-state index in [2.05, 4.69) is 65.7 Å². The summed E-state index contributed by atoms with van der Waals surface area (Å²) in [5.41, 5.74) is 1.26. The standard InChI is InChI=1S/C21H28BrN5/c1-17-13-19(22)14-24-21(17)27-8-4-5-18(16-27)15-25-9-11-26(12-10-25)20-6-2-3-7-23-20/h2-3,6-7,13-14,18H,4-5,8-12,15-16H2,1H3. The van der Waals surface area contributed by atoms with E-state index in [9.17, 15) is 0 Å². The van der Waals surface area contributed by atoms with Crippen molar-refractivity contribution in [1.29, 1.82) is 0 Å². The van der Waals surface area contributed by atoms with Gasteiger partial charge >= 0.3 is 0 Å². The zero-order valence-electron chi connectivity index (χ0n) is 16.0. The van der Waals surface area contributed by atoms with Crippen molar-refractivity contribution < 1.29 is 0 Å². The monoisotopic (exact) mass is 429 g/mol. The van der Waals surface area contributed by atoms with Crippen molar-refractivity contribution in [3.8, 4) is 0 Å². The Morgan fingerprint density at radius 2 is 1.93 bits per heavy atom. The maximum Gasteiger partial charge on any atom is 0.131 e. The van der Waals surface area contributed by atoms with Crippen LogP contribution in [-0.4, -0.2) is 60.7 Å². The number of piperidine rings is 1. The van der Waals surface area contributed by atoms with Crippen LogP contribution in [0.2, 0.25) is 0 Å². The molecule has 0 spiro atoms. The second-order valence-corrected chi connectivity index (χ2v) is 8.64. The molecule has 2 aliphatic heterocycles. The van der Waals surface area contributed by atoms with Gasteiger partial charge in [-0.3, -0.25) is 4.90 Å². The van der Waals surface area contributed by atoms with E-state index in [4.69, 9.17) is 0 Å². The van der Waals surface area contributed by atoms with Crippen molar-refractivity contribution in [3.05, 3.63) is 46.7 Å². The lowest BCUT2D eigenvalue weighted by Gasteiger charge is -2.40. The normalized spacial score (nSPS) is 21.5. The van der Waals surface area contributed by atoms with Gasteiger partial charge in [-0.05, 0) is 65.4 Å². The third kappa shape index (κ3) is 4.61. The second kappa shape index (κ2) is 8.57. The predicted molar refractivity (Wildman–Crippen MR) is 115 cm³/mol. The van der Waals surface area contributed by atoms with Crippen LogP contribution in [0.4, 0.5) is 11.6 Å². The van der Waals surface area contributed by atoms with Gasteiger partial charge in [-0.1, -0.05) is 6.07 Å². The number of halogens is 1.